The fourth-order valence-corrected chi connectivity index (χ4v) is 5.78. The van der Waals surface area contributed by atoms with Crippen LogP contribution in [-0.2, 0) is 13.0 Å². The van der Waals surface area contributed by atoms with Gasteiger partial charge in [-0.15, -0.1) is 0 Å². The number of fused-ring (bicyclic) bond motifs is 4. The van der Waals surface area contributed by atoms with Gasteiger partial charge in [0.05, 0.1) is 0 Å². The highest BCUT2D eigenvalue weighted by Crippen LogP contribution is 2.38. The molecule has 0 aliphatic rings. The first-order valence-corrected chi connectivity index (χ1v) is 13.1. The molecule has 0 heterocycles. The lowest BCUT2D eigenvalue weighted by Gasteiger charge is -2.16. The van der Waals surface area contributed by atoms with Crippen LogP contribution in [0.1, 0.15) is 16.7 Å². The van der Waals surface area contributed by atoms with E-state index in [0.717, 1.165) is 54.2 Å². The van der Waals surface area contributed by atoms with Gasteiger partial charge < -0.3 is 14.9 Å². The normalized spacial score (nSPS) is 11.5. The molecule has 0 aliphatic carbocycles. The summed E-state index contributed by atoms with van der Waals surface area (Å²) in [6.07, 6.45) is 0.397. The van der Waals surface area contributed by atoms with E-state index in [2.05, 4.69) is 60.7 Å². The highest BCUT2D eigenvalue weighted by atomic mass is 16.5. The molecule has 3 nitrogen and oxygen atoms in total. The summed E-state index contributed by atoms with van der Waals surface area (Å²) < 4.78 is 6.20. The number of hydrogen-bond acceptors (Lipinski definition) is 3. The number of rotatable bonds is 5. The van der Waals surface area contributed by atoms with Crippen LogP contribution in [0.25, 0.3) is 43.1 Å². The number of benzene rings is 7. The molecule has 0 atom stereocenters. The molecule has 0 bridgehead atoms. The summed E-state index contributed by atoms with van der Waals surface area (Å²) in [5.74, 6) is 0.461. The van der Waals surface area contributed by atoms with Crippen molar-refractivity contribution in [1.29, 1.82) is 0 Å². The Balaban J connectivity index is 1.25. The number of hydrogen-bond donors (Lipinski definition) is 2. The van der Waals surface area contributed by atoms with Gasteiger partial charge in [-0.3, -0.25) is 0 Å². The molecule has 0 fully saturated rings. The molecule has 7 rings (SSSR count). The molecule has 0 unspecified atom stereocenters. The maximum Gasteiger partial charge on any atom is 0.127 e. The van der Waals surface area contributed by atoms with Crippen molar-refractivity contribution in [3.05, 3.63) is 138 Å². The van der Waals surface area contributed by atoms with Crippen molar-refractivity contribution in [2.45, 2.75) is 13.0 Å². The maximum atomic E-state index is 11.1. The topological polar surface area (TPSA) is 49.7 Å². The van der Waals surface area contributed by atoms with Gasteiger partial charge in [-0.25, -0.2) is 0 Å². The Morgan fingerprint density at radius 2 is 0.821 bits per heavy atom. The van der Waals surface area contributed by atoms with Crippen molar-refractivity contribution in [3.8, 4) is 17.2 Å². The Bertz CT molecular complexity index is 1890. The largest absolute Gasteiger partial charge is 0.507 e. The molecule has 188 valence electrons. The summed E-state index contributed by atoms with van der Waals surface area (Å²) in [6.45, 7) is 0.314. The average molecular weight is 507 g/mol. The minimum absolute atomic E-state index is 0.0183. The molecule has 0 saturated heterocycles. The van der Waals surface area contributed by atoms with Crippen molar-refractivity contribution in [2.75, 3.05) is 0 Å². The Hall–Kier alpha value is -5.02. The van der Waals surface area contributed by atoms with Crippen LogP contribution in [0, 0.1) is 0 Å². The zero-order valence-electron chi connectivity index (χ0n) is 21.3. The van der Waals surface area contributed by atoms with Gasteiger partial charge in [-0.2, -0.15) is 0 Å². The fourth-order valence-electron chi connectivity index (χ4n) is 5.78. The first-order valence-electron chi connectivity index (χ1n) is 13.1. The third-order valence-electron chi connectivity index (χ3n) is 7.68. The Morgan fingerprint density at radius 1 is 0.436 bits per heavy atom. The van der Waals surface area contributed by atoms with Gasteiger partial charge in [-0.1, -0.05) is 97.1 Å². The van der Waals surface area contributed by atoms with Crippen LogP contribution in [0.5, 0.6) is 17.2 Å². The fraction of sp³-hybridized carbons (Fsp3) is 0.0556. The molecule has 0 spiro atoms. The lowest BCUT2D eigenvalue weighted by molar-refractivity contribution is 0.304. The molecule has 39 heavy (non-hydrogen) atoms. The highest BCUT2D eigenvalue weighted by Gasteiger charge is 2.16. The SMILES string of the molecule is Oc1cc(OCc2c3ccccc3cc3ccccc23)cc(O)c1Cc1c2ccccc2cc2ccccc12. The van der Waals surface area contributed by atoms with Gasteiger partial charge in [-0.05, 0) is 60.8 Å². The lowest BCUT2D eigenvalue weighted by atomic mass is 9.92. The van der Waals surface area contributed by atoms with Crippen molar-refractivity contribution < 1.29 is 14.9 Å². The Labute approximate surface area is 226 Å². The molecular weight excluding hydrogens is 480 g/mol. The van der Waals surface area contributed by atoms with Crippen molar-refractivity contribution in [2.24, 2.45) is 0 Å². The van der Waals surface area contributed by atoms with Crippen LogP contribution >= 0.6 is 0 Å². The first kappa shape index (κ1) is 23.1. The third-order valence-corrected chi connectivity index (χ3v) is 7.68. The predicted octanol–water partition coefficient (Wildman–Crippen LogP) is 8.88. The van der Waals surface area contributed by atoms with E-state index in [9.17, 15) is 10.2 Å². The van der Waals surface area contributed by atoms with Crippen LogP contribution in [0.2, 0.25) is 0 Å². The lowest BCUT2D eigenvalue weighted by Crippen LogP contribution is -1.99. The van der Waals surface area contributed by atoms with E-state index in [1.165, 1.54) is 0 Å². The van der Waals surface area contributed by atoms with E-state index in [4.69, 9.17) is 4.74 Å². The summed E-state index contributed by atoms with van der Waals surface area (Å²) in [4.78, 5) is 0. The molecule has 0 aromatic heterocycles. The third kappa shape index (κ3) is 4.09. The summed E-state index contributed by atoms with van der Waals surface area (Å²) in [6, 6.07) is 40.6. The van der Waals surface area contributed by atoms with Crippen LogP contribution < -0.4 is 4.74 Å². The number of phenols is 2. The van der Waals surface area contributed by atoms with Crippen LogP contribution in [-0.4, -0.2) is 10.2 Å². The van der Waals surface area contributed by atoms with E-state index < -0.39 is 0 Å². The van der Waals surface area contributed by atoms with E-state index in [-0.39, 0.29) is 11.5 Å². The molecule has 0 saturated carbocycles. The molecule has 2 N–H and O–H groups in total. The van der Waals surface area contributed by atoms with Gasteiger partial charge in [0, 0.05) is 29.7 Å². The molecule has 0 radical (unpaired) electrons. The summed E-state index contributed by atoms with van der Waals surface area (Å²) in [7, 11) is 0. The van der Waals surface area contributed by atoms with Gasteiger partial charge in [0.1, 0.15) is 23.9 Å². The van der Waals surface area contributed by atoms with Crippen LogP contribution in [0.15, 0.2) is 121 Å². The minimum Gasteiger partial charge on any atom is -0.507 e. The average Bonchev–Trinajstić information content (AvgIpc) is 2.96. The van der Waals surface area contributed by atoms with E-state index in [0.29, 0.717) is 24.3 Å². The Kier molecular flexibility index (Phi) is 5.56. The molecule has 7 aromatic rings. The van der Waals surface area contributed by atoms with Gasteiger partial charge in [0.15, 0.2) is 0 Å². The highest BCUT2D eigenvalue weighted by molar-refractivity contribution is 6.03. The van der Waals surface area contributed by atoms with Crippen molar-refractivity contribution >= 4 is 43.1 Å². The quantitative estimate of drug-likeness (QED) is 0.229. The molecule has 7 aromatic carbocycles. The second-order valence-corrected chi connectivity index (χ2v) is 10.0. The number of phenolic OH excluding ortho intramolecular Hbond substituents is 2. The summed E-state index contributed by atoms with van der Waals surface area (Å²) >= 11 is 0. The zero-order chi connectivity index (χ0) is 26.3. The summed E-state index contributed by atoms with van der Waals surface area (Å²) in [5, 5.41) is 31.2. The molecular formula is C36H26O3. The Morgan fingerprint density at radius 3 is 1.26 bits per heavy atom. The second-order valence-electron chi connectivity index (χ2n) is 10.0. The van der Waals surface area contributed by atoms with E-state index >= 15 is 0 Å². The van der Waals surface area contributed by atoms with E-state index in [1.54, 1.807) is 12.1 Å². The first-order chi connectivity index (χ1) is 19.2. The standard InChI is InChI=1S/C36H26O3/c37-35-19-27(39-22-34-30-15-7-3-11-25(30)18-26-12-4-8-16-31(26)34)20-36(38)33(35)21-32-28-13-5-1-9-23(28)17-24-10-2-6-14-29(24)32/h1-20,37-38H,21-22H2. The van der Waals surface area contributed by atoms with Crippen molar-refractivity contribution in [3.63, 3.8) is 0 Å². The zero-order valence-corrected chi connectivity index (χ0v) is 21.3. The minimum atomic E-state index is 0.0183. The number of aromatic hydroxyl groups is 2. The van der Waals surface area contributed by atoms with Gasteiger partial charge >= 0.3 is 0 Å². The van der Waals surface area contributed by atoms with Crippen LogP contribution in [0.3, 0.4) is 0 Å². The molecule has 0 aliphatic heterocycles. The second kappa shape index (κ2) is 9.38. The van der Waals surface area contributed by atoms with Crippen molar-refractivity contribution in [1.82, 2.24) is 0 Å². The van der Waals surface area contributed by atoms with E-state index in [1.807, 2.05) is 48.5 Å². The monoisotopic (exact) mass is 506 g/mol. The summed E-state index contributed by atoms with van der Waals surface area (Å²) in [5.41, 5.74) is 2.64. The van der Waals surface area contributed by atoms with Gasteiger partial charge in [0.25, 0.3) is 0 Å². The smallest absolute Gasteiger partial charge is 0.127 e. The molecule has 3 heteroatoms. The van der Waals surface area contributed by atoms with Gasteiger partial charge in [0.2, 0.25) is 0 Å². The number of ether oxygens (including phenoxy) is 1. The molecule has 0 amide bonds. The predicted molar refractivity (Wildman–Crippen MR) is 160 cm³/mol. The van der Waals surface area contributed by atoms with Crippen LogP contribution in [0.4, 0.5) is 0 Å². The maximum absolute atomic E-state index is 11.1.